The Bertz CT molecular complexity index is 572. The summed E-state index contributed by atoms with van der Waals surface area (Å²) in [4.78, 5) is 0. The van der Waals surface area contributed by atoms with Gasteiger partial charge in [0.25, 0.3) is 0 Å². The smallest absolute Gasteiger partial charge is 0.00425 e. The predicted octanol–water partition coefficient (Wildman–Crippen LogP) is 3.97. The van der Waals surface area contributed by atoms with Gasteiger partial charge in [0.2, 0.25) is 0 Å². The summed E-state index contributed by atoms with van der Waals surface area (Å²) in [5.74, 6) is 0.511. The molecule has 1 atom stereocenters. The predicted molar refractivity (Wildman–Crippen MR) is 87.0 cm³/mol. The van der Waals surface area contributed by atoms with Crippen LogP contribution in [-0.4, -0.2) is 6.54 Å². The van der Waals surface area contributed by atoms with E-state index in [0.717, 1.165) is 19.4 Å². The fourth-order valence-corrected chi connectivity index (χ4v) is 2.72. The van der Waals surface area contributed by atoms with Gasteiger partial charge in [-0.3, -0.25) is 0 Å². The molecule has 0 saturated carbocycles. The minimum atomic E-state index is 0.511. The van der Waals surface area contributed by atoms with E-state index in [1.807, 2.05) is 0 Å². The highest BCUT2D eigenvalue weighted by Gasteiger charge is 2.12. The van der Waals surface area contributed by atoms with Crippen LogP contribution in [0.4, 0.5) is 0 Å². The zero-order valence-electron chi connectivity index (χ0n) is 12.8. The van der Waals surface area contributed by atoms with Gasteiger partial charge >= 0.3 is 0 Å². The van der Waals surface area contributed by atoms with E-state index in [4.69, 9.17) is 5.73 Å². The van der Waals surface area contributed by atoms with Crippen LogP contribution in [0.15, 0.2) is 42.5 Å². The summed E-state index contributed by atoms with van der Waals surface area (Å²) in [6, 6.07) is 15.3. The molecule has 2 aromatic rings. The monoisotopic (exact) mass is 267 g/mol. The minimum Gasteiger partial charge on any atom is -0.330 e. The van der Waals surface area contributed by atoms with Crippen molar-refractivity contribution in [3.8, 4) is 0 Å². The third kappa shape index (κ3) is 3.71. The maximum absolute atomic E-state index is 6.01. The van der Waals surface area contributed by atoms with Crippen molar-refractivity contribution >= 4 is 0 Å². The Balaban J connectivity index is 2.13. The first-order valence-corrected chi connectivity index (χ1v) is 7.41. The second kappa shape index (κ2) is 6.71. The highest BCUT2D eigenvalue weighted by molar-refractivity contribution is 5.31. The fraction of sp³-hybridized carbons (Fsp3) is 0.368. The SMILES string of the molecule is Cc1ccc(C)c(CC(CN)Cc2ccccc2C)c1. The molecular weight excluding hydrogens is 242 g/mol. The lowest BCUT2D eigenvalue weighted by Gasteiger charge is -2.18. The molecule has 2 N–H and O–H groups in total. The molecule has 1 nitrogen and oxygen atoms in total. The summed E-state index contributed by atoms with van der Waals surface area (Å²) < 4.78 is 0. The molecule has 0 radical (unpaired) electrons. The Hall–Kier alpha value is -1.60. The average Bonchev–Trinajstić information content (AvgIpc) is 2.44. The molecule has 106 valence electrons. The fourth-order valence-electron chi connectivity index (χ4n) is 2.72. The molecule has 20 heavy (non-hydrogen) atoms. The summed E-state index contributed by atoms with van der Waals surface area (Å²) in [5, 5.41) is 0. The Morgan fingerprint density at radius 2 is 1.50 bits per heavy atom. The normalized spacial score (nSPS) is 12.4. The van der Waals surface area contributed by atoms with E-state index in [1.165, 1.54) is 27.8 Å². The highest BCUT2D eigenvalue weighted by atomic mass is 14.5. The van der Waals surface area contributed by atoms with E-state index in [0.29, 0.717) is 5.92 Å². The number of benzene rings is 2. The van der Waals surface area contributed by atoms with Crippen molar-refractivity contribution in [2.24, 2.45) is 11.7 Å². The van der Waals surface area contributed by atoms with Gasteiger partial charge in [0.05, 0.1) is 0 Å². The molecule has 0 aliphatic carbocycles. The van der Waals surface area contributed by atoms with Crippen LogP contribution in [0.5, 0.6) is 0 Å². The first-order chi connectivity index (χ1) is 9.60. The zero-order chi connectivity index (χ0) is 14.5. The maximum Gasteiger partial charge on any atom is -0.00425 e. The van der Waals surface area contributed by atoms with Crippen molar-refractivity contribution in [1.82, 2.24) is 0 Å². The number of aryl methyl sites for hydroxylation is 3. The van der Waals surface area contributed by atoms with E-state index in [1.54, 1.807) is 0 Å². The van der Waals surface area contributed by atoms with Crippen LogP contribution in [0.3, 0.4) is 0 Å². The van der Waals surface area contributed by atoms with E-state index in [-0.39, 0.29) is 0 Å². The highest BCUT2D eigenvalue weighted by Crippen LogP contribution is 2.19. The van der Waals surface area contributed by atoms with Crippen LogP contribution in [0.2, 0.25) is 0 Å². The third-order valence-electron chi connectivity index (χ3n) is 4.12. The summed E-state index contributed by atoms with van der Waals surface area (Å²) >= 11 is 0. The van der Waals surface area contributed by atoms with Crippen LogP contribution in [-0.2, 0) is 12.8 Å². The molecule has 0 aromatic heterocycles. The lowest BCUT2D eigenvalue weighted by atomic mass is 9.89. The van der Waals surface area contributed by atoms with Gasteiger partial charge in [0.15, 0.2) is 0 Å². The van der Waals surface area contributed by atoms with Crippen LogP contribution in [0.1, 0.15) is 27.8 Å². The van der Waals surface area contributed by atoms with Crippen LogP contribution >= 0.6 is 0 Å². The van der Waals surface area contributed by atoms with Gasteiger partial charge in [-0.1, -0.05) is 48.0 Å². The first-order valence-electron chi connectivity index (χ1n) is 7.41. The second-order valence-corrected chi connectivity index (χ2v) is 5.87. The molecular formula is C19H25N. The van der Waals surface area contributed by atoms with Gasteiger partial charge in [0.1, 0.15) is 0 Å². The lowest BCUT2D eigenvalue weighted by Crippen LogP contribution is -2.20. The summed E-state index contributed by atoms with van der Waals surface area (Å²) in [5.41, 5.74) is 12.9. The molecule has 0 spiro atoms. The average molecular weight is 267 g/mol. The van der Waals surface area contributed by atoms with E-state index >= 15 is 0 Å². The van der Waals surface area contributed by atoms with Crippen molar-refractivity contribution in [3.05, 3.63) is 70.3 Å². The van der Waals surface area contributed by atoms with Gasteiger partial charge in [-0.05, 0) is 68.3 Å². The Morgan fingerprint density at radius 1 is 0.850 bits per heavy atom. The van der Waals surface area contributed by atoms with Gasteiger partial charge < -0.3 is 5.73 Å². The number of hydrogen-bond donors (Lipinski definition) is 1. The van der Waals surface area contributed by atoms with Gasteiger partial charge in [-0.2, -0.15) is 0 Å². The molecule has 0 fully saturated rings. The van der Waals surface area contributed by atoms with Crippen LogP contribution in [0, 0.1) is 26.7 Å². The Kier molecular flexibility index (Phi) is 4.97. The molecule has 0 bridgehead atoms. The number of nitrogens with two attached hydrogens (primary N) is 1. The maximum atomic E-state index is 6.01. The summed E-state index contributed by atoms with van der Waals surface area (Å²) in [6.07, 6.45) is 2.13. The van der Waals surface area contributed by atoms with E-state index in [9.17, 15) is 0 Å². The second-order valence-electron chi connectivity index (χ2n) is 5.87. The molecule has 2 rings (SSSR count). The van der Waals surface area contributed by atoms with Gasteiger partial charge in [0, 0.05) is 0 Å². The van der Waals surface area contributed by atoms with E-state index < -0.39 is 0 Å². The number of rotatable bonds is 5. The molecule has 0 aliphatic rings. The van der Waals surface area contributed by atoms with Crippen molar-refractivity contribution in [1.29, 1.82) is 0 Å². The largest absolute Gasteiger partial charge is 0.330 e. The standard InChI is InChI=1S/C19H25N/c1-14-8-9-16(3)19(10-14)12-17(13-20)11-18-7-5-4-6-15(18)2/h4-10,17H,11-13,20H2,1-3H3. The number of hydrogen-bond acceptors (Lipinski definition) is 1. The molecule has 2 aromatic carbocycles. The van der Waals surface area contributed by atoms with Crippen LogP contribution < -0.4 is 5.73 Å². The molecule has 1 unspecified atom stereocenters. The van der Waals surface area contributed by atoms with Crippen molar-refractivity contribution in [2.75, 3.05) is 6.54 Å². The molecule has 0 saturated heterocycles. The Morgan fingerprint density at radius 3 is 2.20 bits per heavy atom. The zero-order valence-corrected chi connectivity index (χ0v) is 12.8. The van der Waals surface area contributed by atoms with Gasteiger partial charge in [-0.15, -0.1) is 0 Å². The molecule has 0 amide bonds. The van der Waals surface area contributed by atoms with Crippen molar-refractivity contribution in [2.45, 2.75) is 33.6 Å². The molecule has 0 heterocycles. The third-order valence-corrected chi connectivity index (χ3v) is 4.12. The van der Waals surface area contributed by atoms with Gasteiger partial charge in [-0.25, -0.2) is 0 Å². The summed E-state index contributed by atoms with van der Waals surface area (Å²) in [6.45, 7) is 7.26. The molecule has 0 aliphatic heterocycles. The first kappa shape index (κ1) is 14.8. The van der Waals surface area contributed by atoms with E-state index in [2.05, 4.69) is 63.2 Å². The lowest BCUT2D eigenvalue weighted by molar-refractivity contribution is 0.531. The topological polar surface area (TPSA) is 26.0 Å². The molecule has 1 heteroatoms. The van der Waals surface area contributed by atoms with Crippen molar-refractivity contribution < 1.29 is 0 Å². The Labute approximate surface area is 122 Å². The summed E-state index contributed by atoms with van der Waals surface area (Å²) in [7, 11) is 0. The quantitative estimate of drug-likeness (QED) is 0.871. The van der Waals surface area contributed by atoms with Crippen molar-refractivity contribution in [3.63, 3.8) is 0 Å². The minimum absolute atomic E-state index is 0.511. The van der Waals surface area contributed by atoms with Crippen LogP contribution in [0.25, 0.3) is 0 Å².